The van der Waals surface area contributed by atoms with Gasteiger partial charge in [-0.15, -0.1) is 16.7 Å². The first-order chi connectivity index (χ1) is 9.91. The Hall–Kier alpha value is -0.0457. The second-order valence-corrected chi connectivity index (χ2v) is 6.72. The molecule has 1 nitrogen and oxygen atoms in total. The molecule has 0 spiro atoms. The third kappa shape index (κ3) is 4.63. The SMILES string of the molecule is Cc1cc2c(c(-c3c(C)c(C)c(C)[c-]3C)c1)N(C)CCC2.[Cl-].[Cl-].[Cl-].[Ti+4]. The zero-order valence-corrected chi connectivity index (χ0v) is 19.7. The Morgan fingerprint density at radius 2 is 1.56 bits per heavy atom. The molecular weight excluding hydrogens is 408 g/mol. The van der Waals surface area contributed by atoms with Gasteiger partial charge in [0.2, 0.25) is 0 Å². The number of benzene rings is 1. The number of hydrogen-bond donors (Lipinski definition) is 0. The predicted octanol–water partition coefficient (Wildman–Crippen LogP) is -3.99. The van der Waals surface area contributed by atoms with Crippen LogP contribution in [0, 0.1) is 34.6 Å². The first-order valence-electron chi connectivity index (χ1n) is 8.00. The van der Waals surface area contributed by atoms with Crippen molar-refractivity contribution in [1.82, 2.24) is 0 Å². The standard InChI is InChI=1S/C20H26N.3ClH.Ti/c1-12-10-17-8-7-9-21(6)20(17)18(11-12)19-15(4)13(2)14(3)16(19)5;;;;/h10-11H,7-9H2,1-6H3;3*1H;/q-1;;;;+4/p-3. The van der Waals surface area contributed by atoms with Crippen LogP contribution >= 0.6 is 0 Å². The van der Waals surface area contributed by atoms with Gasteiger partial charge in [-0.3, -0.25) is 0 Å². The summed E-state index contributed by atoms with van der Waals surface area (Å²) in [4.78, 5) is 2.45. The van der Waals surface area contributed by atoms with Crippen LogP contribution in [-0.4, -0.2) is 13.6 Å². The first kappa shape index (κ1) is 27.2. The summed E-state index contributed by atoms with van der Waals surface area (Å²) in [6.07, 6.45) is 2.48. The van der Waals surface area contributed by atoms with Gasteiger partial charge in [-0.25, -0.2) is 0 Å². The van der Waals surface area contributed by atoms with Crippen molar-refractivity contribution >= 4 is 5.69 Å². The van der Waals surface area contributed by atoms with Crippen molar-refractivity contribution in [2.45, 2.75) is 47.5 Å². The van der Waals surface area contributed by atoms with Gasteiger partial charge in [0.15, 0.2) is 0 Å². The molecule has 0 amide bonds. The zero-order valence-electron chi connectivity index (χ0n) is 15.9. The van der Waals surface area contributed by atoms with E-state index < -0.39 is 0 Å². The molecule has 5 heteroatoms. The van der Waals surface area contributed by atoms with Crippen LogP contribution in [0.1, 0.15) is 39.8 Å². The van der Waals surface area contributed by atoms with Gasteiger partial charge in [-0.1, -0.05) is 51.0 Å². The van der Waals surface area contributed by atoms with Gasteiger partial charge in [0.05, 0.1) is 0 Å². The second kappa shape index (κ2) is 10.3. The van der Waals surface area contributed by atoms with E-state index in [1.54, 1.807) is 0 Å². The number of rotatable bonds is 1. The van der Waals surface area contributed by atoms with E-state index >= 15 is 0 Å². The summed E-state index contributed by atoms with van der Waals surface area (Å²) >= 11 is 0. The summed E-state index contributed by atoms with van der Waals surface area (Å²) in [5.74, 6) is 0. The summed E-state index contributed by atoms with van der Waals surface area (Å²) in [7, 11) is 2.24. The van der Waals surface area contributed by atoms with Crippen LogP contribution in [0.15, 0.2) is 12.1 Å². The van der Waals surface area contributed by atoms with Crippen LogP contribution in [0.2, 0.25) is 0 Å². The van der Waals surface area contributed by atoms with Crippen LogP contribution in [0.4, 0.5) is 5.69 Å². The molecule has 136 valence electrons. The van der Waals surface area contributed by atoms with Crippen LogP contribution < -0.4 is 42.1 Å². The Labute approximate surface area is 186 Å². The van der Waals surface area contributed by atoms with E-state index in [1.165, 1.54) is 69.6 Å². The van der Waals surface area contributed by atoms with Crippen molar-refractivity contribution < 1.29 is 58.9 Å². The molecule has 0 bridgehead atoms. The molecule has 0 N–H and O–H groups in total. The number of aryl methyl sites for hydroxylation is 2. The Bertz CT molecular complexity index is 697. The summed E-state index contributed by atoms with van der Waals surface area (Å²) in [5, 5.41) is 0. The average Bonchev–Trinajstić information content (AvgIpc) is 2.62. The molecule has 0 radical (unpaired) electrons. The van der Waals surface area contributed by atoms with Crippen molar-refractivity contribution in [3.05, 3.63) is 45.5 Å². The van der Waals surface area contributed by atoms with Crippen molar-refractivity contribution in [3.63, 3.8) is 0 Å². The third-order valence-corrected chi connectivity index (χ3v) is 5.36. The topological polar surface area (TPSA) is 3.24 Å². The maximum absolute atomic E-state index is 2.45. The van der Waals surface area contributed by atoms with E-state index in [0.29, 0.717) is 0 Å². The van der Waals surface area contributed by atoms with Crippen molar-refractivity contribution in [3.8, 4) is 11.1 Å². The Morgan fingerprint density at radius 3 is 2.08 bits per heavy atom. The molecule has 0 aromatic heterocycles. The molecule has 0 saturated carbocycles. The monoisotopic (exact) mass is 433 g/mol. The molecule has 1 aliphatic rings. The molecule has 2 aromatic carbocycles. The fourth-order valence-corrected chi connectivity index (χ4v) is 3.93. The van der Waals surface area contributed by atoms with E-state index in [0.717, 1.165) is 0 Å². The molecule has 25 heavy (non-hydrogen) atoms. The van der Waals surface area contributed by atoms with Gasteiger partial charge in [-0.05, 0) is 25.3 Å². The third-order valence-electron chi connectivity index (χ3n) is 5.36. The smallest absolute Gasteiger partial charge is 1.00 e. The number of nitrogens with zero attached hydrogens (tertiary/aromatic N) is 1. The molecule has 0 saturated heterocycles. The fourth-order valence-electron chi connectivity index (χ4n) is 3.93. The van der Waals surface area contributed by atoms with E-state index in [1.807, 2.05) is 0 Å². The van der Waals surface area contributed by atoms with Crippen LogP contribution in [0.3, 0.4) is 0 Å². The molecular formula is C20H26Cl3NTi. The van der Waals surface area contributed by atoms with Gasteiger partial charge < -0.3 is 42.1 Å². The van der Waals surface area contributed by atoms with E-state index in [2.05, 4.69) is 58.7 Å². The normalized spacial score (nSPS) is 12.2. The Kier molecular flexibility index (Phi) is 11.2. The number of anilines is 1. The molecule has 0 aliphatic carbocycles. The van der Waals surface area contributed by atoms with Gasteiger partial charge in [0.25, 0.3) is 0 Å². The number of fused-ring (bicyclic) bond motifs is 1. The molecule has 0 unspecified atom stereocenters. The van der Waals surface area contributed by atoms with Crippen molar-refractivity contribution in [2.24, 2.45) is 0 Å². The summed E-state index contributed by atoms with van der Waals surface area (Å²) in [6, 6.07) is 4.76. The largest absolute Gasteiger partial charge is 4.00 e. The molecule has 1 heterocycles. The van der Waals surface area contributed by atoms with E-state index in [9.17, 15) is 0 Å². The minimum Gasteiger partial charge on any atom is -1.00 e. The maximum Gasteiger partial charge on any atom is 4.00 e. The Morgan fingerprint density at radius 1 is 0.960 bits per heavy atom. The quantitative estimate of drug-likeness (QED) is 0.327. The summed E-state index contributed by atoms with van der Waals surface area (Å²) in [6.45, 7) is 12.5. The zero-order chi connectivity index (χ0) is 15.3. The summed E-state index contributed by atoms with van der Waals surface area (Å²) in [5.41, 5.74) is 13.1. The summed E-state index contributed by atoms with van der Waals surface area (Å²) < 4.78 is 0. The van der Waals surface area contributed by atoms with Crippen molar-refractivity contribution in [1.29, 1.82) is 0 Å². The Balaban J connectivity index is 0. The van der Waals surface area contributed by atoms with Crippen molar-refractivity contribution in [2.75, 3.05) is 18.5 Å². The average molecular weight is 435 g/mol. The minimum absolute atomic E-state index is 0. The fraction of sp³-hybridized carbons (Fsp3) is 0.450. The van der Waals surface area contributed by atoms with Gasteiger partial charge in [0, 0.05) is 19.3 Å². The molecule has 0 atom stereocenters. The molecule has 3 rings (SSSR count). The van der Waals surface area contributed by atoms with E-state index in [-0.39, 0.29) is 58.9 Å². The molecule has 2 aromatic rings. The van der Waals surface area contributed by atoms with E-state index in [4.69, 9.17) is 0 Å². The van der Waals surface area contributed by atoms with Gasteiger partial charge in [0.1, 0.15) is 0 Å². The molecule has 0 fully saturated rings. The number of halogens is 3. The predicted molar refractivity (Wildman–Crippen MR) is 92.7 cm³/mol. The minimum atomic E-state index is 0. The van der Waals surface area contributed by atoms with Crippen LogP contribution in [-0.2, 0) is 28.1 Å². The van der Waals surface area contributed by atoms with Gasteiger partial charge in [-0.2, -0.15) is 11.1 Å². The maximum atomic E-state index is 2.45. The molecule has 1 aliphatic heterocycles. The van der Waals surface area contributed by atoms with Gasteiger partial charge >= 0.3 is 21.7 Å². The van der Waals surface area contributed by atoms with Crippen LogP contribution in [0.5, 0.6) is 0 Å². The van der Waals surface area contributed by atoms with Crippen LogP contribution in [0.25, 0.3) is 11.1 Å². The second-order valence-electron chi connectivity index (χ2n) is 6.72. The number of hydrogen-bond acceptors (Lipinski definition) is 1. The first-order valence-corrected chi connectivity index (χ1v) is 8.00.